The third-order valence-corrected chi connectivity index (χ3v) is 12.6. The second-order valence-electron chi connectivity index (χ2n) is 18.1. The van der Waals surface area contributed by atoms with Crippen LogP contribution in [0.5, 0.6) is 0 Å². The lowest BCUT2D eigenvalue weighted by molar-refractivity contribution is -0.133. The van der Waals surface area contributed by atoms with Gasteiger partial charge in [-0.3, -0.25) is 24.0 Å². The number of carbonyl (C=O) groups is 5. The molecule has 0 spiro atoms. The first-order valence-electron chi connectivity index (χ1n) is 23.4. The van der Waals surface area contributed by atoms with E-state index < -0.39 is 53.7 Å². The quantitative estimate of drug-likeness (QED) is 0.0452. The number of fused-ring (bicyclic) bond motifs is 2. The number of rotatable bonds is 21. The smallest absolute Gasteiger partial charge is 0.243 e. The fourth-order valence-corrected chi connectivity index (χ4v) is 9.02. The van der Waals surface area contributed by atoms with Gasteiger partial charge in [0.15, 0.2) is 0 Å². The maximum atomic E-state index is 15.0. The van der Waals surface area contributed by atoms with E-state index in [0.29, 0.717) is 12.8 Å². The fourth-order valence-electron chi connectivity index (χ4n) is 9.02. The molecule has 352 valence electrons. The molecular weight excluding hydrogens is 859 g/mol. The standard InChI is InChI=1S/C53H59N9O6/c1-32(2)24-44(51(66)59-43(48(54)63)26-34-16-7-4-8-17-34)61-52(67)45(27-35-29-56-40-20-11-9-18-37(35)40)60-49(64)39(25-33-14-5-3-6-15-33)47-31-58-53(68-47)46(62-50(65)42-22-13-23-55-42)28-36-30-57-41-21-12-10-19-38(36)41/h3-12,14-21,29-32,39,42-46,55-57H,13,22-28H2,1-2H3,(H2,54,63)(H,59,66)(H,60,64)(H,61,67)(H,62,65)/t39-,42+,43+,44+,45-,46-/m1/s1. The SMILES string of the molecule is CC(C)C[C@H](NC(=O)[C@@H](Cc1c[nH]c2ccccc12)NC(=O)[C@H](Cc1ccccc1)c1cnc([C@@H](Cc2c[nH]c3ccccc23)NC(=O)[C@@H]2CCCN2)o1)C(=O)N[C@@H](Cc1ccccc1)C(N)=O. The normalized spacial score (nSPS) is 15.9. The number of aromatic amines is 2. The van der Waals surface area contributed by atoms with Gasteiger partial charge in [0.1, 0.15) is 35.8 Å². The lowest BCUT2D eigenvalue weighted by atomic mass is 9.95. The number of hydrogen-bond donors (Lipinski definition) is 8. The van der Waals surface area contributed by atoms with Crippen molar-refractivity contribution >= 4 is 51.3 Å². The van der Waals surface area contributed by atoms with Crippen LogP contribution in [0.25, 0.3) is 21.8 Å². The summed E-state index contributed by atoms with van der Waals surface area (Å²) in [6.45, 7) is 4.60. The molecule has 4 aromatic carbocycles. The Morgan fingerprint density at radius 3 is 1.82 bits per heavy atom. The topological polar surface area (TPSA) is 229 Å². The average molecular weight is 918 g/mol. The van der Waals surface area contributed by atoms with E-state index >= 15 is 0 Å². The molecule has 4 heterocycles. The number of hydrogen-bond acceptors (Lipinski definition) is 8. The van der Waals surface area contributed by atoms with Crippen molar-refractivity contribution in [3.8, 4) is 0 Å². The Hall–Kier alpha value is -7.52. The Kier molecular flexibility index (Phi) is 15.1. The van der Waals surface area contributed by atoms with E-state index in [2.05, 4.69) is 36.6 Å². The third kappa shape index (κ3) is 11.7. The van der Waals surface area contributed by atoms with Gasteiger partial charge >= 0.3 is 0 Å². The van der Waals surface area contributed by atoms with Gasteiger partial charge in [0.05, 0.1) is 12.2 Å². The molecule has 1 aliphatic rings. The monoisotopic (exact) mass is 917 g/mol. The third-order valence-electron chi connectivity index (χ3n) is 12.6. The van der Waals surface area contributed by atoms with Crippen LogP contribution in [0.2, 0.25) is 0 Å². The molecule has 1 saturated heterocycles. The van der Waals surface area contributed by atoms with Crippen LogP contribution in [-0.4, -0.2) is 75.2 Å². The lowest BCUT2D eigenvalue weighted by Gasteiger charge is -2.26. The zero-order valence-electron chi connectivity index (χ0n) is 38.3. The van der Waals surface area contributed by atoms with Crippen LogP contribution >= 0.6 is 0 Å². The summed E-state index contributed by atoms with van der Waals surface area (Å²) in [5.41, 5.74) is 11.0. The van der Waals surface area contributed by atoms with Crippen molar-refractivity contribution in [2.45, 2.75) is 94.9 Å². The number of amides is 5. The van der Waals surface area contributed by atoms with E-state index in [1.54, 1.807) is 0 Å². The van der Waals surface area contributed by atoms with Gasteiger partial charge in [0.2, 0.25) is 35.4 Å². The zero-order chi connectivity index (χ0) is 47.6. The molecule has 6 atom stereocenters. The molecule has 15 nitrogen and oxygen atoms in total. The van der Waals surface area contributed by atoms with E-state index in [0.717, 1.165) is 57.0 Å². The summed E-state index contributed by atoms with van der Waals surface area (Å²) in [6, 6.07) is 30.0. The molecule has 15 heteroatoms. The van der Waals surface area contributed by atoms with Gasteiger partial charge in [-0.15, -0.1) is 0 Å². The van der Waals surface area contributed by atoms with Crippen molar-refractivity contribution in [3.05, 3.63) is 162 Å². The molecule has 0 saturated carbocycles. The molecule has 1 fully saturated rings. The van der Waals surface area contributed by atoms with Crippen LogP contribution < -0.4 is 32.3 Å². The summed E-state index contributed by atoms with van der Waals surface area (Å²) in [7, 11) is 0. The first-order chi connectivity index (χ1) is 33.0. The van der Waals surface area contributed by atoms with E-state index in [9.17, 15) is 24.0 Å². The highest BCUT2D eigenvalue weighted by Gasteiger charge is 2.35. The second kappa shape index (κ2) is 21.9. The summed E-state index contributed by atoms with van der Waals surface area (Å²) < 4.78 is 6.56. The van der Waals surface area contributed by atoms with Crippen molar-refractivity contribution in [1.29, 1.82) is 0 Å². The van der Waals surface area contributed by atoms with Gasteiger partial charge in [-0.05, 0) is 72.5 Å². The molecule has 9 N–H and O–H groups in total. The number of nitrogens with two attached hydrogens (primary N) is 1. The van der Waals surface area contributed by atoms with Gasteiger partial charge in [0.25, 0.3) is 0 Å². The van der Waals surface area contributed by atoms with E-state index in [-0.39, 0.29) is 55.2 Å². The molecule has 0 radical (unpaired) electrons. The first kappa shape index (κ1) is 47.0. The number of aromatic nitrogens is 3. The predicted octanol–water partition coefficient (Wildman–Crippen LogP) is 5.59. The molecule has 7 aromatic rings. The van der Waals surface area contributed by atoms with E-state index in [1.807, 2.05) is 135 Å². The zero-order valence-corrected chi connectivity index (χ0v) is 38.3. The van der Waals surface area contributed by atoms with Crippen molar-refractivity contribution in [2.75, 3.05) is 6.54 Å². The van der Waals surface area contributed by atoms with Crippen LogP contribution in [0.1, 0.15) is 79.0 Å². The highest BCUT2D eigenvalue weighted by molar-refractivity contribution is 5.95. The highest BCUT2D eigenvalue weighted by atomic mass is 16.4. The maximum absolute atomic E-state index is 15.0. The van der Waals surface area contributed by atoms with Crippen molar-refractivity contribution in [3.63, 3.8) is 0 Å². The molecule has 5 amide bonds. The van der Waals surface area contributed by atoms with Crippen LogP contribution in [-0.2, 0) is 49.7 Å². The van der Waals surface area contributed by atoms with E-state index in [1.165, 1.54) is 6.20 Å². The Balaban J connectivity index is 1.09. The number of nitrogens with one attached hydrogen (secondary N) is 7. The molecule has 1 aliphatic heterocycles. The lowest BCUT2D eigenvalue weighted by Crippen LogP contribution is -2.57. The number of primary amides is 1. The van der Waals surface area contributed by atoms with E-state index in [4.69, 9.17) is 15.1 Å². The van der Waals surface area contributed by atoms with Crippen LogP contribution in [0, 0.1) is 5.92 Å². The van der Waals surface area contributed by atoms with Gasteiger partial charge in [-0.1, -0.05) is 111 Å². The minimum absolute atomic E-state index is 0.0382. The summed E-state index contributed by atoms with van der Waals surface area (Å²) in [4.78, 5) is 81.3. The number of oxazole rings is 1. The van der Waals surface area contributed by atoms with Crippen molar-refractivity contribution in [2.24, 2.45) is 11.7 Å². The molecule has 3 aromatic heterocycles. The number of para-hydroxylation sites is 2. The summed E-state index contributed by atoms with van der Waals surface area (Å²) in [5, 5.41) is 17.1. The van der Waals surface area contributed by atoms with Gasteiger partial charge in [0, 0.05) is 53.5 Å². The Morgan fingerprint density at radius 2 is 1.22 bits per heavy atom. The molecule has 0 aliphatic carbocycles. The van der Waals surface area contributed by atoms with Crippen LogP contribution in [0.3, 0.4) is 0 Å². The van der Waals surface area contributed by atoms with Crippen LogP contribution in [0.4, 0.5) is 0 Å². The molecular formula is C53H59N9O6. The maximum Gasteiger partial charge on any atom is 0.243 e. The number of carbonyl (C=O) groups excluding carboxylic acids is 5. The minimum Gasteiger partial charge on any atom is -0.443 e. The molecule has 0 bridgehead atoms. The average Bonchev–Trinajstić information content (AvgIpc) is 4.19. The van der Waals surface area contributed by atoms with Gasteiger partial charge < -0.3 is 46.7 Å². The Labute approximate surface area is 394 Å². The molecule has 68 heavy (non-hydrogen) atoms. The minimum atomic E-state index is -1.17. The van der Waals surface area contributed by atoms with Gasteiger partial charge in [-0.25, -0.2) is 4.98 Å². The fraction of sp³-hybridized carbons (Fsp3) is 0.321. The Bertz CT molecular complexity index is 2830. The molecule has 8 rings (SSSR count). The predicted molar refractivity (Wildman–Crippen MR) is 260 cm³/mol. The van der Waals surface area contributed by atoms with Gasteiger partial charge in [-0.2, -0.15) is 0 Å². The summed E-state index contributed by atoms with van der Waals surface area (Å²) >= 11 is 0. The Morgan fingerprint density at radius 1 is 0.662 bits per heavy atom. The summed E-state index contributed by atoms with van der Waals surface area (Å²) in [5.74, 6) is -3.07. The largest absolute Gasteiger partial charge is 0.443 e. The highest BCUT2D eigenvalue weighted by Crippen LogP contribution is 2.29. The first-order valence-corrected chi connectivity index (χ1v) is 23.4. The number of nitrogens with zero attached hydrogens (tertiary/aromatic N) is 1. The molecule has 0 unspecified atom stereocenters. The van der Waals surface area contributed by atoms with Crippen molar-refractivity contribution < 1.29 is 28.4 Å². The van der Waals surface area contributed by atoms with Crippen LogP contribution in [0.15, 0.2) is 132 Å². The number of H-pyrrole nitrogens is 2. The second-order valence-corrected chi connectivity index (χ2v) is 18.1. The van der Waals surface area contributed by atoms with Crippen molar-refractivity contribution in [1.82, 2.24) is 41.5 Å². The summed E-state index contributed by atoms with van der Waals surface area (Å²) in [6.07, 6.45) is 7.89. The number of benzene rings is 4.